The fourth-order valence-electron chi connectivity index (χ4n) is 2.15. The topological polar surface area (TPSA) is 51.6 Å². The minimum absolute atomic E-state index is 0.628. The number of aromatic nitrogens is 4. The smallest absolute Gasteiger partial charge is 0.198 e. The Hall–Kier alpha value is -0.440. The first-order chi connectivity index (χ1) is 10.9. The van der Waals surface area contributed by atoms with Gasteiger partial charge in [-0.05, 0) is 46.6 Å². The summed E-state index contributed by atoms with van der Waals surface area (Å²) in [5.41, 5.74) is 0. The second-order valence-corrected chi connectivity index (χ2v) is 9.60. The molecule has 0 saturated heterocycles. The van der Waals surface area contributed by atoms with E-state index >= 15 is 0 Å². The lowest BCUT2D eigenvalue weighted by Gasteiger charge is -2.29. The van der Waals surface area contributed by atoms with Gasteiger partial charge in [-0.15, -0.1) is 0 Å². The molecule has 4 nitrogen and oxygen atoms in total. The molecule has 8 heteroatoms. The van der Waals surface area contributed by atoms with Gasteiger partial charge in [-0.1, -0.05) is 34.4 Å². The van der Waals surface area contributed by atoms with Crippen molar-refractivity contribution in [3.63, 3.8) is 0 Å². The summed E-state index contributed by atoms with van der Waals surface area (Å²) in [5.74, 6) is 0. The number of nitrogens with zero attached hydrogens (tertiary/aromatic N) is 4. The van der Waals surface area contributed by atoms with Gasteiger partial charge in [0, 0.05) is 35.3 Å². The van der Waals surface area contributed by atoms with Gasteiger partial charge >= 0.3 is 0 Å². The van der Waals surface area contributed by atoms with E-state index < -0.39 is 0 Å². The largest absolute Gasteiger partial charge is 0.230 e. The van der Waals surface area contributed by atoms with Crippen molar-refractivity contribution in [2.45, 2.75) is 46.5 Å². The molecule has 3 rings (SSSR count). The molecule has 1 saturated carbocycles. The monoisotopic (exact) mass is 368 g/mol. The van der Waals surface area contributed by atoms with Gasteiger partial charge in [-0.2, -0.15) is 0 Å². The summed E-state index contributed by atoms with van der Waals surface area (Å²) in [5, 5.41) is 2.95. The third kappa shape index (κ3) is 5.04. The highest BCUT2D eigenvalue weighted by Gasteiger charge is 2.27. The Morgan fingerprint density at radius 2 is 1.09 bits per heavy atom. The molecule has 1 aliphatic rings. The molecule has 1 fully saturated rings. The third-order valence-corrected chi connectivity index (χ3v) is 8.88. The minimum atomic E-state index is 0.628. The zero-order valence-corrected chi connectivity index (χ0v) is 15.1. The first kappa shape index (κ1) is 16.4. The van der Waals surface area contributed by atoms with Crippen LogP contribution < -0.4 is 0 Å². The molecule has 22 heavy (non-hydrogen) atoms. The molecule has 116 valence electrons. The summed E-state index contributed by atoms with van der Waals surface area (Å²) < 4.78 is 0. The zero-order valence-electron chi connectivity index (χ0n) is 11.9. The molecule has 2 heterocycles. The van der Waals surface area contributed by atoms with E-state index in [1.165, 1.54) is 25.7 Å². The quantitative estimate of drug-likeness (QED) is 0.534. The van der Waals surface area contributed by atoms with E-state index in [0.29, 0.717) is 10.5 Å². The minimum Gasteiger partial charge on any atom is -0.230 e. The number of rotatable bonds is 6. The maximum Gasteiger partial charge on any atom is 0.198 e. The fourth-order valence-corrected chi connectivity index (χ4v) is 7.94. The van der Waals surface area contributed by atoms with Gasteiger partial charge in [0.15, 0.2) is 10.3 Å². The van der Waals surface area contributed by atoms with Crippen molar-refractivity contribution in [1.82, 2.24) is 19.9 Å². The number of hydrogen-bond acceptors (Lipinski definition) is 8. The first-order valence-corrected chi connectivity index (χ1v) is 11.5. The van der Waals surface area contributed by atoms with Crippen LogP contribution in [0.3, 0.4) is 0 Å². The summed E-state index contributed by atoms with van der Waals surface area (Å²) in [6.45, 7) is 0. The van der Waals surface area contributed by atoms with Crippen LogP contribution in [-0.2, 0) is 0 Å². The number of hydrogen-bond donors (Lipinski definition) is 0. The molecule has 2 aromatic heterocycles. The van der Waals surface area contributed by atoms with Crippen LogP contribution in [0.15, 0.2) is 47.2 Å². The van der Waals surface area contributed by atoms with E-state index in [9.17, 15) is 0 Å². The Balaban J connectivity index is 1.52. The summed E-state index contributed by atoms with van der Waals surface area (Å²) in [6, 6.07) is 3.70. The molecule has 1 aliphatic carbocycles. The van der Waals surface area contributed by atoms with Gasteiger partial charge in [0.25, 0.3) is 0 Å². The molecular weight excluding hydrogens is 352 g/mol. The third-order valence-electron chi connectivity index (χ3n) is 3.22. The summed E-state index contributed by atoms with van der Waals surface area (Å²) in [7, 11) is 7.21. The van der Waals surface area contributed by atoms with Crippen molar-refractivity contribution in [3.05, 3.63) is 36.9 Å². The van der Waals surface area contributed by atoms with Gasteiger partial charge in [0.2, 0.25) is 0 Å². The van der Waals surface area contributed by atoms with Crippen LogP contribution in [-0.4, -0.2) is 30.4 Å². The Kier molecular flexibility index (Phi) is 6.72. The normalized spacial score (nSPS) is 21.6. The fraction of sp³-hybridized carbons (Fsp3) is 0.429. The van der Waals surface area contributed by atoms with E-state index in [2.05, 4.69) is 19.9 Å². The molecule has 2 unspecified atom stereocenters. The summed E-state index contributed by atoms with van der Waals surface area (Å²) >= 11 is 0. The molecule has 0 aliphatic heterocycles. The SMILES string of the molecule is c1cnc(SSC2CCCCC2SSc2ncccn2)nc1. The molecule has 0 aromatic carbocycles. The van der Waals surface area contributed by atoms with Crippen LogP contribution >= 0.6 is 43.2 Å². The van der Waals surface area contributed by atoms with Crippen molar-refractivity contribution in [2.24, 2.45) is 0 Å². The van der Waals surface area contributed by atoms with Crippen LogP contribution in [0.4, 0.5) is 0 Å². The van der Waals surface area contributed by atoms with Gasteiger partial charge in [0.05, 0.1) is 0 Å². The molecule has 0 N–H and O–H groups in total. The lowest BCUT2D eigenvalue weighted by molar-refractivity contribution is 0.531. The van der Waals surface area contributed by atoms with Gasteiger partial charge in [-0.3, -0.25) is 0 Å². The molecule has 2 atom stereocenters. The van der Waals surface area contributed by atoms with E-state index in [1.54, 1.807) is 46.4 Å². The molecule has 0 spiro atoms. The van der Waals surface area contributed by atoms with Crippen LogP contribution in [0, 0.1) is 0 Å². The van der Waals surface area contributed by atoms with Crippen molar-refractivity contribution >= 4 is 43.2 Å². The lowest BCUT2D eigenvalue weighted by Crippen LogP contribution is -2.23. The molecule has 0 amide bonds. The second-order valence-electron chi connectivity index (χ2n) is 4.78. The van der Waals surface area contributed by atoms with Crippen LogP contribution in [0.25, 0.3) is 0 Å². The maximum absolute atomic E-state index is 4.28. The van der Waals surface area contributed by atoms with E-state index in [1.807, 2.05) is 33.7 Å². The van der Waals surface area contributed by atoms with Gasteiger partial charge < -0.3 is 0 Å². The maximum atomic E-state index is 4.28. The summed E-state index contributed by atoms with van der Waals surface area (Å²) in [4.78, 5) is 17.1. The highest BCUT2D eigenvalue weighted by atomic mass is 33.1. The average molecular weight is 369 g/mol. The Bertz CT molecular complexity index is 506. The highest BCUT2D eigenvalue weighted by Crippen LogP contribution is 2.47. The predicted octanol–water partition coefficient (Wildman–Crippen LogP) is 4.76. The van der Waals surface area contributed by atoms with Crippen molar-refractivity contribution < 1.29 is 0 Å². The Labute approximate surface area is 146 Å². The van der Waals surface area contributed by atoms with Gasteiger partial charge in [-0.25, -0.2) is 19.9 Å². The predicted molar refractivity (Wildman–Crippen MR) is 97.0 cm³/mol. The van der Waals surface area contributed by atoms with E-state index in [4.69, 9.17) is 0 Å². The lowest BCUT2D eigenvalue weighted by atomic mass is 10.00. The van der Waals surface area contributed by atoms with Crippen LogP contribution in [0.2, 0.25) is 0 Å². The van der Waals surface area contributed by atoms with Crippen LogP contribution in [0.1, 0.15) is 25.7 Å². The van der Waals surface area contributed by atoms with Crippen molar-refractivity contribution in [2.75, 3.05) is 0 Å². The van der Waals surface area contributed by atoms with Crippen molar-refractivity contribution in [1.29, 1.82) is 0 Å². The average Bonchev–Trinajstić information content (AvgIpc) is 2.61. The second kappa shape index (κ2) is 9.00. The van der Waals surface area contributed by atoms with Crippen molar-refractivity contribution in [3.8, 4) is 0 Å². The van der Waals surface area contributed by atoms with E-state index in [0.717, 1.165) is 10.3 Å². The zero-order chi connectivity index (χ0) is 15.0. The first-order valence-electron chi connectivity index (χ1n) is 7.12. The Morgan fingerprint density at radius 3 is 1.50 bits per heavy atom. The molecule has 0 radical (unpaired) electrons. The van der Waals surface area contributed by atoms with E-state index in [-0.39, 0.29) is 0 Å². The Morgan fingerprint density at radius 1 is 0.682 bits per heavy atom. The van der Waals surface area contributed by atoms with Gasteiger partial charge in [0.1, 0.15) is 0 Å². The molecule has 2 aromatic rings. The molecular formula is C14H16N4S4. The standard InChI is InChI=1S/C14H16N4S4/c1-2-6-12(20-22-14-17-9-4-10-18-14)11(5-1)19-21-13-15-7-3-8-16-13/h3-4,7-12H,1-2,5-6H2. The highest BCUT2D eigenvalue weighted by molar-refractivity contribution is 8.78. The summed E-state index contributed by atoms with van der Waals surface area (Å²) in [6.07, 6.45) is 12.3. The van der Waals surface area contributed by atoms with Crippen LogP contribution in [0.5, 0.6) is 0 Å². The molecule has 0 bridgehead atoms.